The minimum atomic E-state index is 0.662. The number of aromatic nitrogens is 2. The summed E-state index contributed by atoms with van der Waals surface area (Å²) in [5.74, 6) is 0. The van der Waals surface area contributed by atoms with Gasteiger partial charge >= 0.3 is 0 Å². The van der Waals surface area contributed by atoms with Crippen molar-refractivity contribution in [3.63, 3.8) is 0 Å². The van der Waals surface area contributed by atoms with Gasteiger partial charge in [-0.3, -0.25) is 0 Å². The lowest BCUT2D eigenvalue weighted by Gasteiger charge is -2.11. The summed E-state index contributed by atoms with van der Waals surface area (Å²) >= 11 is 0. The molecule has 0 aliphatic carbocycles. The van der Waals surface area contributed by atoms with Crippen molar-refractivity contribution in [1.82, 2.24) is 9.13 Å². The van der Waals surface area contributed by atoms with Crippen LogP contribution in [0.2, 0.25) is 0 Å². The summed E-state index contributed by atoms with van der Waals surface area (Å²) < 4.78 is 4.67. The number of nitrogens with zero attached hydrogens (tertiary/aromatic N) is 3. The lowest BCUT2D eigenvalue weighted by molar-refractivity contribution is 1.18. The minimum absolute atomic E-state index is 0.662. The van der Waals surface area contributed by atoms with Gasteiger partial charge in [0.05, 0.1) is 33.7 Å². The van der Waals surface area contributed by atoms with Crippen LogP contribution in [0.4, 0.5) is 0 Å². The van der Waals surface area contributed by atoms with E-state index in [0.717, 1.165) is 38.7 Å². The van der Waals surface area contributed by atoms with Crippen LogP contribution >= 0.6 is 0 Å². The smallest absolute Gasteiger partial charge is 0.0991 e. The lowest BCUT2D eigenvalue weighted by atomic mass is 10.0. The molecule has 46 heavy (non-hydrogen) atoms. The van der Waals surface area contributed by atoms with Crippen molar-refractivity contribution in [2.24, 2.45) is 0 Å². The van der Waals surface area contributed by atoms with E-state index in [1.807, 2.05) is 18.2 Å². The normalized spacial score (nSPS) is 11.5. The number of rotatable bonds is 4. The maximum absolute atomic E-state index is 9.70. The zero-order valence-electron chi connectivity index (χ0n) is 24.9. The van der Waals surface area contributed by atoms with E-state index in [9.17, 15) is 5.26 Å². The van der Waals surface area contributed by atoms with Crippen LogP contribution in [0.25, 0.3) is 77.2 Å². The molecule has 0 saturated carbocycles. The van der Waals surface area contributed by atoms with Gasteiger partial charge < -0.3 is 9.13 Å². The van der Waals surface area contributed by atoms with E-state index < -0.39 is 0 Å². The summed E-state index contributed by atoms with van der Waals surface area (Å²) in [5, 5.41) is 14.4. The molecule has 0 spiro atoms. The van der Waals surface area contributed by atoms with Crippen molar-refractivity contribution in [2.45, 2.75) is 0 Å². The van der Waals surface area contributed by atoms with Crippen molar-refractivity contribution in [3.05, 3.63) is 169 Å². The van der Waals surface area contributed by atoms with Gasteiger partial charge in [0.2, 0.25) is 0 Å². The minimum Gasteiger partial charge on any atom is -0.309 e. The third kappa shape index (κ3) is 4.05. The third-order valence-electron chi connectivity index (χ3n) is 9.15. The van der Waals surface area contributed by atoms with Crippen LogP contribution in [0.1, 0.15) is 5.56 Å². The first-order chi connectivity index (χ1) is 22.8. The summed E-state index contributed by atoms with van der Waals surface area (Å²) in [6.45, 7) is 0. The molecule has 0 saturated heterocycles. The van der Waals surface area contributed by atoms with E-state index in [-0.39, 0.29) is 0 Å². The number of benzene rings is 7. The molecule has 9 rings (SSSR count). The standard InChI is InChI=1S/C43H27N3/c44-28-29-15-23-41-38(25-29)37-22-18-33(27-43(37)46(41)35-20-16-31(17-21-35)30-9-3-1-4-10-30)32-19-24-42-39(26-32)36-13-7-8-14-40(36)45(42)34-11-5-2-6-12-34/h1-27H. The molecular formula is C43H27N3. The number of hydrogen-bond donors (Lipinski definition) is 0. The Morgan fingerprint density at radius 1 is 0.348 bits per heavy atom. The second kappa shape index (κ2) is 10.4. The van der Waals surface area contributed by atoms with Gasteiger partial charge in [-0.2, -0.15) is 5.26 Å². The molecule has 0 radical (unpaired) electrons. The Morgan fingerprint density at radius 3 is 1.65 bits per heavy atom. The Hall–Kier alpha value is -6.37. The average Bonchev–Trinajstić information content (AvgIpc) is 3.64. The van der Waals surface area contributed by atoms with E-state index >= 15 is 0 Å². The van der Waals surface area contributed by atoms with Crippen molar-refractivity contribution < 1.29 is 0 Å². The average molecular weight is 586 g/mol. The molecule has 3 heteroatoms. The van der Waals surface area contributed by atoms with Gasteiger partial charge in [-0.15, -0.1) is 0 Å². The number of hydrogen-bond acceptors (Lipinski definition) is 1. The molecule has 214 valence electrons. The molecule has 7 aromatic carbocycles. The van der Waals surface area contributed by atoms with Crippen molar-refractivity contribution in [1.29, 1.82) is 5.26 Å². The van der Waals surface area contributed by atoms with Crippen LogP contribution in [0.5, 0.6) is 0 Å². The summed E-state index contributed by atoms with van der Waals surface area (Å²) in [6, 6.07) is 60.3. The predicted molar refractivity (Wildman–Crippen MR) is 191 cm³/mol. The van der Waals surface area contributed by atoms with Gasteiger partial charge in [0.1, 0.15) is 0 Å². The number of para-hydroxylation sites is 2. The quantitative estimate of drug-likeness (QED) is 0.202. The second-order valence-corrected chi connectivity index (χ2v) is 11.7. The van der Waals surface area contributed by atoms with Gasteiger partial charge in [0.15, 0.2) is 0 Å². The maximum atomic E-state index is 9.70. The van der Waals surface area contributed by atoms with E-state index in [0.29, 0.717) is 5.56 Å². The zero-order valence-corrected chi connectivity index (χ0v) is 24.9. The lowest BCUT2D eigenvalue weighted by Crippen LogP contribution is -1.94. The highest BCUT2D eigenvalue weighted by Crippen LogP contribution is 2.38. The van der Waals surface area contributed by atoms with Gasteiger partial charge in [-0.25, -0.2) is 0 Å². The molecule has 2 aromatic heterocycles. The Labute approximate surface area is 266 Å². The van der Waals surface area contributed by atoms with E-state index in [2.05, 4.69) is 161 Å². The Balaban J connectivity index is 1.24. The first-order valence-electron chi connectivity index (χ1n) is 15.5. The van der Waals surface area contributed by atoms with Crippen molar-refractivity contribution in [3.8, 4) is 39.7 Å². The number of nitriles is 1. The second-order valence-electron chi connectivity index (χ2n) is 11.7. The van der Waals surface area contributed by atoms with Crippen LogP contribution in [-0.4, -0.2) is 9.13 Å². The monoisotopic (exact) mass is 585 g/mol. The fourth-order valence-electron chi connectivity index (χ4n) is 6.99. The van der Waals surface area contributed by atoms with Crippen LogP contribution in [0, 0.1) is 11.3 Å². The van der Waals surface area contributed by atoms with E-state index in [1.165, 1.54) is 38.5 Å². The fourth-order valence-corrected chi connectivity index (χ4v) is 6.99. The van der Waals surface area contributed by atoms with Crippen molar-refractivity contribution >= 4 is 43.6 Å². The van der Waals surface area contributed by atoms with E-state index in [4.69, 9.17) is 0 Å². The summed E-state index contributed by atoms with van der Waals surface area (Å²) in [5.41, 5.74) is 12.2. The van der Waals surface area contributed by atoms with Gasteiger partial charge in [0.25, 0.3) is 0 Å². The molecule has 3 nitrogen and oxygen atoms in total. The summed E-state index contributed by atoms with van der Waals surface area (Å²) in [7, 11) is 0. The molecule has 0 N–H and O–H groups in total. The Bertz CT molecular complexity index is 2620. The molecule has 9 aromatic rings. The maximum Gasteiger partial charge on any atom is 0.0991 e. The molecule has 0 aliphatic heterocycles. The molecule has 2 heterocycles. The first-order valence-corrected chi connectivity index (χ1v) is 15.5. The Kier molecular flexibility index (Phi) is 5.88. The highest BCUT2D eigenvalue weighted by molar-refractivity contribution is 6.12. The predicted octanol–water partition coefficient (Wildman–Crippen LogP) is 11.1. The van der Waals surface area contributed by atoms with Gasteiger partial charge in [-0.1, -0.05) is 97.1 Å². The largest absolute Gasteiger partial charge is 0.309 e. The summed E-state index contributed by atoms with van der Waals surface area (Å²) in [6.07, 6.45) is 0. The zero-order chi connectivity index (χ0) is 30.6. The highest BCUT2D eigenvalue weighted by atomic mass is 15.0. The van der Waals surface area contributed by atoms with Crippen LogP contribution in [0.3, 0.4) is 0 Å². The van der Waals surface area contributed by atoms with Gasteiger partial charge in [-0.05, 0) is 89.0 Å². The topological polar surface area (TPSA) is 33.6 Å². The molecule has 0 unspecified atom stereocenters. The van der Waals surface area contributed by atoms with E-state index in [1.54, 1.807) is 0 Å². The Morgan fingerprint density at radius 2 is 0.870 bits per heavy atom. The molecule has 0 fully saturated rings. The van der Waals surface area contributed by atoms with Crippen molar-refractivity contribution in [2.75, 3.05) is 0 Å². The summed E-state index contributed by atoms with van der Waals surface area (Å²) in [4.78, 5) is 0. The third-order valence-corrected chi connectivity index (χ3v) is 9.15. The highest BCUT2D eigenvalue weighted by Gasteiger charge is 2.16. The number of fused-ring (bicyclic) bond motifs is 6. The van der Waals surface area contributed by atoms with Crippen LogP contribution in [0.15, 0.2) is 164 Å². The molecular weight excluding hydrogens is 558 g/mol. The molecule has 0 bridgehead atoms. The fraction of sp³-hybridized carbons (Fsp3) is 0. The first kappa shape index (κ1) is 26.1. The van der Waals surface area contributed by atoms with Crippen LogP contribution in [-0.2, 0) is 0 Å². The molecule has 0 amide bonds. The SMILES string of the molecule is N#Cc1ccc2c(c1)c1ccc(-c3ccc4c(c3)c3ccccc3n4-c3ccccc3)cc1n2-c1ccc(-c2ccccc2)cc1. The van der Waals surface area contributed by atoms with Crippen LogP contribution < -0.4 is 0 Å². The van der Waals surface area contributed by atoms with Gasteiger partial charge in [0, 0.05) is 32.9 Å². The molecule has 0 aliphatic rings. The molecule has 0 atom stereocenters.